The maximum atomic E-state index is 13.1. The molecule has 0 radical (unpaired) electrons. The highest BCUT2D eigenvalue weighted by atomic mass is 32.2. The summed E-state index contributed by atoms with van der Waals surface area (Å²) in [5, 5.41) is 4.88. The fourth-order valence-corrected chi connectivity index (χ4v) is 4.31. The molecule has 34 heavy (non-hydrogen) atoms. The maximum absolute atomic E-state index is 13.1. The van der Waals surface area contributed by atoms with E-state index < -0.39 is 40.6 Å². The predicted octanol–water partition coefficient (Wildman–Crippen LogP) is 6.22. The molecule has 182 valence electrons. The fraction of sp³-hybridized carbons (Fsp3) is 0.304. The Bertz CT molecular complexity index is 1170. The van der Waals surface area contributed by atoms with Crippen LogP contribution in [0.4, 0.5) is 18.0 Å². The first kappa shape index (κ1) is 25.9. The highest BCUT2D eigenvalue weighted by Gasteiger charge is 2.31. The number of amides is 1. The van der Waals surface area contributed by atoms with E-state index in [0.717, 1.165) is 17.7 Å². The maximum Gasteiger partial charge on any atom is 0.416 e. The number of nitrogens with zero attached hydrogens (tertiary/aromatic N) is 1. The van der Waals surface area contributed by atoms with Gasteiger partial charge in [0.2, 0.25) is 0 Å². The molecule has 1 aromatic heterocycles. The number of hydrogen-bond acceptors (Lipinski definition) is 5. The van der Waals surface area contributed by atoms with Crippen LogP contribution in [0.25, 0.3) is 11.3 Å². The number of aromatic nitrogens is 1. The summed E-state index contributed by atoms with van der Waals surface area (Å²) in [6.07, 6.45) is -4.85. The standard InChI is InChI=1S/C23H23F3N2O4S2/c1-22(2,3)32-21(29)28-18(11-14-7-9-17(10-8-14)34(30)31)20-27-19(13-33-20)15-5-4-6-16(12-15)23(24,25)26/h4-10,12-13,18H,11H2,1-3H3,(H,28,29)(H,30,31)/t18-/m0/s1. The summed E-state index contributed by atoms with van der Waals surface area (Å²) in [7, 11) is 0. The summed E-state index contributed by atoms with van der Waals surface area (Å²) in [4.78, 5) is 17.2. The third-order valence-corrected chi connectivity index (χ3v) is 6.20. The van der Waals surface area contributed by atoms with E-state index in [9.17, 15) is 26.7 Å². The van der Waals surface area contributed by atoms with Gasteiger partial charge in [-0.1, -0.05) is 24.3 Å². The van der Waals surface area contributed by atoms with Crippen molar-refractivity contribution in [2.24, 2.45) is 0 Å². The van der Waals surface area contributed by atoms with E-state index in [1.54, 1.807) is 38.3 Å². The molecule has 0 aliphatic heterocycles. The van der Waals surface area contributed by atoms with Crippen LogP contribution >= 0.6 is 11.3 Å². The van der Waals surface area contributed by atoms with E-state index in [2.05, 4.69) is 10.3 Å². The number of alkyl halides is 3. The lowest BCUT2D eigenvalue weighted by Crippen LogP contribution is -2.35. The van der Waals surface area contributed by atoms with Crippen molar-refractivity contribution in [2.45, 2.75) is 49.9 Å². The Morgan fingerprint density at radius 3 is 2.44 bits per heavy atom. The van der Waals surface area contributed by atoms with Gasteiger partial charge in [-0.05, 0) is 57.0 Å². The monoisotopic (exact) mass is 512 g/mol. The van der Waals surface area contributed by atoms with Gasteiger partial charge >= 0.3 is 12.3 Å². The highest BCUT2D eigenvalue weighted by molar-refractivity contribution is 7.79. The Hall–Kier alpha value is -2.76. The Morgan fingerprint density at radius 2 is 1.85 bits per heavy atom. The molecule has 0 fully saturated rings. The van der Waals surface area contributed by atoms with E-state index in [4.69, 9.17) is 4.74 Å². The number of alkyl carbamates (subject to hydrolysis) is 1. The van der Waals surface area contributed by atoms with Gasteiger partial charge < -0.3 is 14.6 Å². The van der Waals surface area contributed by atoms with Crippen LogP contribution in [0.1, 0.15) is 42.9 Å². The van der Waals surface area contributed by atoms with Crippen molar-refractivity contribution in [3.05, 3.63) is 70.0 Å². The van der Waals surface area contributed by atoms with E-state index in [1.807, 2.05) is 0 Å². The molecular weight excluding hydrogens is 489 g/mol. The third kappa shape index (κ3) is 7.12. The number of hydrogen-bond donors (Lipinski definition) is 2. The van der Waals surface area contributed by atoms with Crippen molar-refractivity contribution in [3.8, 4) is 11.3 Å². The number of rotatable bonds is 6. The summed E-state index contributed by atoms with van der Waals surface area (Å²) in [6.45, 7) is 5.18. The average Bonchev–Trinajstić information content (AvgIpc) is 3.22. The number of nitrogens with one attached hydrogen (secondary N) is 1. The molecule has 2 N–H and O–H groups in total. The minimum absolute atomic E-state index is 0.237. The van der Waals surface area contributed by atoms with Crippen LogP contribution < -0.4 is 5.32 Å². The smallest absolute Gasteiger partial charge is 0.416 e. The molecule has 0 saturated heterocycles. The number of carbonyl (C=O) groups excluding carboxylic acids is 1. The van der Waals surface area contributed by atoms with Gasteiger partial charge in [-0.15, -0.1) is 11.3 Å². The quantitative estimate of drug-likeness (QED) is 0.383. The Kier molecular flexibility index (Phi) is 7.79. The molecule has 6 nitrogen and oxygen atoms in total. The number of carbonyl (C=O) groups is 1. The molecule has 1 amide bonds. The number of ether oxygens (including phenoxy) is 1. The van der Waals surface area contributed by atoms with Crippen LogP contribution in [0, 0.1) is 0 Å². The summed E-state index contributed by atoms with van der Waals surface area (Å²) in [6, 6.07) is 10.6. The number of benzene rings is 2. The normalized spacial score (nSPS) is 13.9. The molecule has 3 rings (SSSR count). The van der Waals surface area contributed by atoms with Gasteiger partial charge in [0.25, 0.3) is 0 Å². The summed E-state index contributed by atoms with van der Waals surface area (Å²) in [5.41, 5.74) is -0.0836. The minimum Gasteiger partial charge on any atom is -0.444 e. The Labute approximate surface area is 201 Å². The first-order valence-corrected chi connectivity index (χ1v) is 12.1. The van der Waals surface area contributed by atoms with Crippen LogP contribution in [0.5, 0.6) is 0 Å². The summed E-state index contributed by atoms with van der Waals surface area (Å²) < 4.78 is 65.1. The predicted molar refractivity (Wildman–Crippen MR) is 124 cm³/mol. The molecule has 3 aromatic rings. The van der Waals surface area contributed by atoms with Gasteiger partial charge in [-0.25, -0.2) is 14.0 Å². The first-order valence-electron chi connectivity index (χ1n) is 10.1. The molecule has 0 aliphatic carbocycles. The number of halogens is 3. The second kappa shape index (κ2) is 10.2. The average molecular weight is 513 g/mol. The largest absolute Gasteiger partial charge is 0.444 e. The zero-order chi connectivity index (χ0) is 25.1. The second-order valence-electron chi connectivity index (χ2n) is 8.45. The van der Waals surface area contributed by atoms with Crippen molar-refractivity contribution in [1.82, 2.24) is 10.3 Å². The van der Waals surface area contributed by atoms with Gasteiger partial charge in [0.15, 0.2) is 11.1 Å². The zero-order valence-electron chi connectivity index (χ0n) is 18.6. The van der Waals surface area contributed by atoms with Crippen LogP contribution in [0.2, 0.25) is 0 Å². The molecule has 2 aromatic carbocycles. The zero-order valence-corrected chi connectivity index (χ0v) is 20.2. The van der Waals surface area contributed by atoms with Gasteiger partial charge in [0.05, 0.1) is 22.2 Å². The molecule has 0 spiro atoms. The lowest BCUT2D eigenvalue weighted by molar-refractivity contribution is -0.137. The van der Waals surface area contributed by atoms with Crippen molar-refractivity contribution < 1.29 is 31.5 Å². The first-order chi connectivity index (χ1) is 15.8. The van der Waals surface area contributed by atoms with Crippen molar-refractivity contribution >= 4 is 28.5 Å². The minimum atomic E-state index is -4.47. The topological polar surface area (TPSA) is 88.5 Å². The van der Waals surface area contributed by atoms with Crippen LogP contribution in [-0.4, -0.2) is 25.4 Å². The van der Waals surface area contributed by atoms with E-state index in [-0.39, 0.29) is 11.3 Å². The van der Waals surface area contributed by atoms with Crippen LogP contribution in [0.15, 0.2) is 58.8 Å². The molecule has 1 heterocycles. The molecule has 11 heteroatoms. The summed E-state index contributed by atoms with van der Waals surface area (Å²) in [5.74, 6) is 0. The van der Waals surface area contributed by atoms with E-state index >= 15 is 0 Å². The van der Waals surface area contributed by atoms with Crippen molar-refractivity contribution in [1.29, 1.82) is 0 Å². The van der Waals surface area contributed by atoms with Gasteiger partial charge in [-0.3, -0.25) is 0 Å². The highest BCUT2D eigenvalue weighted by Crippen LogP contribution is 2.33. The lowest BCUT2D eigenvalue weighted by atomic mass is 10.1. The molecule has 2 atom stereocenters. The van der Waals surface area contributed by atoms with Crippen molar-refractivity contribution in [2.75, 3.05) is 0 Å². The molecule has 0 aliphatic rings. The SMILES string of the molecule is CC(C)(C)OC(=O)N[C@@H](Cc1ccc(S(=O)O)cc1)c1nc(-c2cccc(C(F)(F)F)c2)cs1. The van der Waals surface area contributed by atoms with E-state index in [1.165, 1.54) is 35.6 Å². The Balaban J connectivity index is 1.89. The van der Waals surface area contributed by atoms with Crippen molar-refractivity contribution in [3.63, 3.8) is 0 Å². The summed E-state index contributed by atoms with van der Waals surface area (Å²) >= 11 is -0.911. The fourth-order valence-electron chi connectivity index (χ4n) is 3.06. The molecular formula is C23H23F3N2O4S2. The Morgan fingerprint density at radius 1 is 1.18 bits per heavy atom. The third-order valence-electron chi connectivity index (χ3n) is 4.56. The van der Waals surface area contributed by atoms with Gasteiger partial charge in [0.1, 0.15) is 10.6 Å². The molecule has 0 saturated carbocycles. The molecule has 0 bridgehead atoms. The van der Waals surface area contributed by atoms with Gasteiger partial charge in [0, 0.05) is 10.9 Å². The van der Waals surface area contributed by atoms with Crippen LogP contribution in [0.3, 0.4) is 0 Å². The van der Waals surface area contributed by atoms with Crippen LogP contribution in [-0.2, 0) is 28.4 Å². The van der Waals surface area contributed by atoms with E-state index in [0.29, 0.717) is 16.3 Å². The van der Waals surface area contributed by atoms with Gasteiger partial charge in [-0.2, -0.15) is 13.2 Å². The molecule has 1 unspecified atom stereocenters. The number of thiazole rings is 1. The second-order valence-corrected chi connectivity index (χ2v) is 10.3. The lowest BCUT2D eigenvalue weighted by Gasteiger charge is -2.23.